The smallest absolute Gasteiger partial charge is 0.330 e. The Hall–Kier alpha value is -2.63. The van der Waals surface area contributed by atoms with Crippen LogP contribution in [0.25, 0.3) is 0 Å². The van der Waals surface area contributed by atoms with Gasteiger partial charge >= 0.3 is 5.97 Å². The molecule has 2 aromatic rings. The molecular weight excluding hydrogens is 400 g/mol. The van der Waals surface area contributed by atoms with Gasteiger partial charge in [-0.1, -0.05) is 41.9 Å². The van der Waals surface area contributed by atoms with E-state index in [-0.39, 0.29) is 11.9 Å². The zero-order valence-corrected chi connectivity index (χ0v) is 18.0. The number of amides is 1. The molecule has 0 saturated carbocycles. The number of nitrogens with one attached hydrogen (secondary N) is 1. The molecule has 1 aliphatic rings. The maximum atomic E-state index is 13.2. The number of esters is 1. The lowest BCUT2D eigenvalue weighted by atomic mass is 10.0. The summed E-state index contributed by atoms with van der Waals surface area (Å²) in [4.78, 5) is 26.3. The molecule has 1 amide bonds. The Morgan fingerprint density at radius 3 is 2.70 bits per heavy atom. The Bertz CT molecular complexity index is 926. The minimum Gasteiger partial charge on any atom is -0.463 e. The number of ether oxygens (including phenoxy) is 1. The van der Waals surface area contributed by atoms with Crippen LogP contribution in [0.5, 0.6) is 0 Å². The number of nitrogens with zero attached hydrogens (tertiary/aromatic N) is 1. The number of hydrogen-bond acceptors (Lipinski definition) is 4. The Morgan fingerprint density at radius 1 is 1.13 bits per heavy atom. The van der Waals surface area contributed by atoms with Gasteiger partial charge in [-0.3, -0.25) is 9.69 Å². The first-order valence-corrected chi connectivity index (χ1v) is 10.7. The number of aryl methyl sites for hydroxylation is 2. The lowest BCUT2D eigenvalue weighted by Crippen LogP contribution is -2.27. The largest absolute Gasteiger partial charge is 0.463 e. The maximum Gasteiger partial charge on any atom is 0.330 e. The molecule has 1 aliphatic heterocycles. The van der Waals surface area contributed by atoms with Crippen LogP contribution in [0.4, 0.5) is 11.4 Å². The molecule has 0 radical (unpaired) electrons. The third kappa shape index (κ3) is 5.71. The average molecular weight is 427 g/mol. The summed E-state index contributed by atoms with van der Waals surface area (Å²) in [6.45, 7) is 3.37. The van der Waals surface area contributed by atoms with E-state index >= 15 is 0 Å². The van der Waals surface area contributed by atoms with Crippen molar-refractivity contribution in [3.05, 3.63) is 70.8 Å². The second-order valence-corrected chi connectivity index (χ2v) is 7.53. The number of para-hydroxylation sites is 1. The van der Waals surface area contributed by atoms with Crippen LogP contribution in [0.2, 0.25) is 5.02 Å². The quantitative estimate of drug-likeness (QED) is 0.381. The predicted molar refractivity (Wildman–Crippen MR) is 120 cm³/mol. The molecule has 1 N–H and O–H groups in total. The van der Waals surface area contributed by atoms with E-state index in [4.69, 9.17) is 16.3 Å². The van der Waals surface area contributed by atoms with Crippen molar-refractivity contribution >= 4 is 34.9 Å². The molecule has 6 heteroatoms. The van der Waals surface area contributed by atoms with Crippen LogP contribution in [0, 0.1) is 0 Å². The van der Waals surface area contributed by atoms with E-state index in [1.165, 1.54) is 11.6 Å². The van der Waals surface area contributed by atoms with Crippen molar-refractivity contribution in [3.8, 4) is 0 Å². The standard InChI is InChI=1S/C24H27ClN2O3/c1-2-30-24(29)10-6-16-26-15-5-9-23(28)27-21-8-4-3-7-18(21)11-12-19-13-14-20(25)17-22(19)27/h3-4,6-8,10,13-14,17,26H,2,5,9,11-12,15-16H2,1H3/b10-6+. The molecule has 0 bridgehead atoms. The highest BCUT2D eigenvalue weighted by atomic mass is 35.5. The van der Waals surface area contributed by atoms with Gasteiger partial charge in [0.1, 0.15) is 0 Å². The van der Waals surface area contributed by atoms with Crippen LogP contribution in [0.1, 0.15) is 30.9 Å². The average Bonchev–Trinajstić information content (AvgIpc) is 2.89. The molecular formula is C24H27ClN2O3. The molecule has 0 saturated heterocycles. The second-order valence-electron chi connectivity index (χ2n) is 7.09. The van der Waals surface area contributed by atoms with E-state index in [2.05, 4.69) is 11.4 Å². The molecule has 0 aromatic heterocycles. The predicted octanol–water partition coefficient (Wildman–Crippen LogP) is 4.59. The van der Waals surface area contributed by atoms with Crippen molar-refractivity contribution in [3.63, 3.8) is 0 Å². The van der Waals surface area contributed by atoms with Gasteiger partial charge < -0.3 is 10.1 Å². The molecule has 0 unspecified atom stereocenters. The fourth-order valence-electron chi connectivity index (χ4n) is 3.57. The first-order chi connectivity index (χ1) is 14.6. The normalized spacial score (nSPS) is 12.9. The molecule has 1 heterocycles. The fraction of sp³-hybridized carbons (Fsp3) is 0.333. The number of fused-ring (bicyclic) bond motifs is 2. The lowest BCUT2D eigenvalue weighted by Gasteiger charge is -2.25. The van der Waals surface area contributed by atoms with Crippen LogP contribution < -0.4 is 10.2 Å². The van der Waals surface area contributed by atoms with Gasteiger partial charge in [0, 0.05) is 24.1 Å². The molecule has 2 aromatic carbocycles. The van der Waals surface area contributed by atoms with Crippen molar-refractivity contribution in [1.82, 2.24) is 5.32 Å². The first kappa shape index (κ1) is 22.1. The maximum absolute atomic E-state index is 13.2. The number of carbonyl (C=O) groups is 2. The van der Waals surface area contributed by atoms with Gasteiger partial charge in [0.15, 0.2) is 0 Å². The van der Waals surface area contributed by atoms with E-state index in [1.54, 1.807) is 13.0 Å². The van der Waals surface area contributed by atoms with E-state index in [9.17, 15) is 9.59 Å². The molecule has 0 aliphatic carbocycles. The zero-order valence-electron chi connectivity index (χ0n) is 17.2. The minimum atomic E-state index is -0.341. The third-order valence-electron chi connectivity index (χ3n) is 4.98. The van der Waals surface area contributed by atoms with Gasteiger partial charge in [-0.05, 0) is 62.1 Å². The molecule has 3 rings (SSSR count). The van der Waals surface area contributed by atoms with Gasteiger partial charge in [-0.15, -0.1) is 0 Å². The monoisotopic (exact) mass is 426 g/mol. The molecule has 158 valence electrons. The number of halogens is 1. The number of benzene rings is 2. The highest BCUT2D eigenvalue weighted by Gasteiger charge is 2.25. The van der Waals surface area contributed by atoms with E-state index in [0.29, 0.717) is 37.6 Å². The summed E-state index contributed by atoms with van der Waals surface area (Å²) in [7, 11) is 0. The Morgan fingerprint density at radius 2 is 1.90 bits per heavy atom. The number of carbonyl (C=O) groups excluding carboxylic acids is 2. The van der Waals surface area contributed by atoms with Crippen LogP contribution in [-0.4, -0.2) is 31.6 Å². The molecule has 30 heavy (non-hydrogen) atoms. The van der Waals surface area contributed by atoms with Crippen LogP contribution in [0.15, 0.2) is 54.6 Å². The van der Waals surface area contributed by atoms with Crippen LogP contribution in [-0.2, 0) is 27.2 Å². The SMILES string of the molecule is CCOC(=O)/C=C/CNCCCC(=O)N1c2ccccc2CCc2ccc(Cl)cc21. The summed E-state index contributed by atoms with van der Waals surface area (Å²) in [5.74, 6) is -0.289. The molecule has 0 atom stereocenters. The van der Waals surface area contributed by atoms with Crippen molar-refractivity contribution in [2.75, 3.05) is 24.6 Å². The van der Waals surface area contributed by atoms with Crippen LogP contribution in [0.3, 0.4) is 0 Å². The van der Waals surface area contributed by atoms with Crippen molar-refractivity contribution < 1.29 is 14.3 Å². The van der Waals surface area contributed by atoms with Gasteiger partial charge in [0.2, 0.25) is 5.91 Å². The van der Waals surface area contributed by atoms with Crippen molar-refractivity contribution in [2.24, 2.45) is 0 Å². The summed E-state index contributed by atoms with van der Waals surface area (Å²) in [6, 6.07) is 13.8. The fourth-order valence-corrected chi connectivity index (χ4v) is 3.74. The molecule has 0 spiro atoms. The first-order valence-electron chi connectivity index (χ1n) is 10.3. The summed E-state index contributed by atoms with van der Waals surface area (Å²) in [6.07, 6.45) is 6.01. The summed E-state index contributed by atoms with van der Waals surface area (Å²) >= 11 is 6.26. The van der Waals surface area contributed by atoms with Gasteiger partial charge in [0.05, 0.1) is 18.0 Å². The summed E-state index contributed by atoms with van der Waals surface area (Å²) in [5.41, 5.74) is 4.11. The number of rotatable bonds is 8. The Labute approximate surface area is 182 Å². The highest BCUT2D eigenvalue weighted by molar-refractivity contribution is 6.31. The van der Waals surface area contributed by atoms with Crippen molar-refractivity contribution in [2.45, 2.75) is 32.6 Å². The molecule has 5 nitrogen and oxygen atoms in total. The summed E-state index contributed by atoms with van der Waals surface area (Å²) in [5, 5.41) is 3.84. The van der Waals surface area contributed by atoms with Crippen LogP contribution >= 0.6 is 11.6 Å². The Kier molecular flexibility index (Phi) is 8.05. The lowest BCUT2D eigenvalue weighted by molar-refractivity contribution is -0.137. The van der Waals surface area contributed by atoms with E-state index in [0.717, 1.165) is 29.8 Å². The van der Waals surface area contributed by atoms with E-state index < -0.39 is 0 Å². The van der Waals surface area contributed by atoms with Gasteiger partial charge in [-0.2, -0.15) is 0 Å². The van der Waals surface area contributed by atoms with Gasteiger partial charge in [-0.25, -0.2) is 4.79 Å². The third-order valence-corrected chi connectivity index (χ3v) is 5.22. The van der Waals surface area contributed by atoms with Crippen molar-refractivity contribution in [1.29, 1.82) is 0 Å². The number of anilines is 2. The number of hydrogen-bond donors (Lipinski definition) is 1. The van der Waals surface area contributed by atoms with E-state index in [1.807, 2.05) is 41.3 Å². The topological polar surface area (TPSA) is 58.6 Å². The highest BCUT2D eigenvalue weighted by Crippen LogP contribution is 2.37. The second kappa shape index (κ2) is 11.0. The minimum absolute atomic E-state index is 0.0525. The van der Waals surface area contributed by atoms with Gasteiger partial charge in [0.25, 0.3) is 0 Å². The summed E-state index contributed by atoms with van der Waals surface area (Å²) < 4.78 is 4.83. The Balaban J connectivity index is 1.63. The molecule has 0 fully saturated rings. The zero-order chi connectivity index (χ0) is 21.3.